The van der Waals surface area contributed by atoms with Crippen molar-refractivity contribution in [3.8, 4) is 0 Å². The fourth-order valence-electron chi connectivity index (χ4n) is 3.25. The van der Waals surface area contributed by atoms with E-state index < -0.39 is 52.8 Å². The van der Waals surface area contributed by atoms with Crippen LogP contribution in [0.15, 0.2) is 0 Å². The van der Waals surface area contributed by atoms with Crippen LogP contribution in [0.25, 0.3) is 0 Å². The maximum absolute atomic E-state index is 12.9. The third-order valence-corrected chi connectivity index (χ3v) is 4.68. The van der Waals surface area contributed by atoms with Gasteiger partial charge in [0, 0.05) is 19.0 Å². The first kappa shape index (κ1) is 37.0. The van der Waals surface area contributed by atoms with Gasteiger partial charge in [-0.15, -0.1) is 0 Å². The minimum atomic E-state index is -1.16. The third-order valence-electron chi connectivity index (χ3n) is 4.68. The highest BCUT2D eigenvalue weighted by atomic mass is 16.6. The Bertz CT molecular complexity index is 854. The van der Waals surface area contributed by atoms with E-state index in [1.54, 1.807) is 62.3 Å². The van der Waals surface area contributed by atoms with Gasteiger partial charge >= 0.3 is 30.0 Å². The molecule has 0 saturated heterocycles. The number of nitrogens with one attached hydrogen (secondary N) is 4. The number of esters is 3. The topological polar surface area (TPSA) is 161 Å². The average molecular weight is 573 g/mol. The Morgan fingerprint density at radius 3 is 1.48 bits per heavy atom. The first-order valence-corrected chi connectivity index (χ1v) is 13.9. The predicted octanol–water partition coefficient (Wildman–Crippen LogP) is 3.71. The largest absolute Gasteiger partial charge is 0.460 e. The lowest BCUT2D eigenvalue weighted by atomic mass is 10.1. The van der Waals surface area contributed by atoms with E-state index in [1.807, 2.05) is 13.8 Å². The molecule has 4 amide bonds. The van der Waals surface area contributed by atoms with E-state index in [9.17, 15) is 24.0 Å². The molecule has 12 heteroatoms. The van der Waals surface area contributed by atoms with Gasteiger partial charge in [-0.1, -0.05) is 0 Å². The molecule has 4 N–H and O–H groups in total. The number of ether oxygens (including phenoxy) is 3. The third kappa shape index (κ3) is 19.9. The van der Waals surface area contributed by atoms with Crippen LogP contribution in [0.5, 0.6) is 0 Å². The van der Waals surface area contributed by atoms with Crippen molar-refractivity contribution in [2.45, 2.75) is 143 Å². The smallest absolute Gasteiger partial charge is 0.329 e. The maximum Gasteiger partial charge on any atom is 0.329 e. The van der Waals surface area contributed by atoms with E-state index in [0.717, 1.165) is 0 Å². The Balaban J connectivity index is 5.37. The van der Waals surface area contributed by atoms with Crippen LogP contribution in [-0.4, -0.2) is 71.4 Å². The summed E-state index contributed by atoms with van der Waals surface area (Å²) in [4.78, 5) is 62.6. The summed E-state index contributed by atoms with van der Waals surface area (Å²) in [6.45, 7) is 19.5. The molecule has 12 nitrogen and oxygen atoms in total. The average Bonchev–Trinajstić information content (AvgIpc) is 2.71. The lowest BCUT2D eigenvalue weighted by Gasteiger charge is -2.27. The molecular formula is C28H52N4O8. The van der Waals surface area contributed by atoms with Gasteiger partial charge in [-0.3, -0.25) is 4.79 Å². The molecule has 0 aliphatic carbocycles. The van der Waals surface area contributed by atoms with Crippen LogP contribution in [0, 0.1) is 0 Å². The highest BCUT2D eigenvalue weighted by molar-refractivity contribution is 5.87. The van der Waals surface area contributed by atoms with E-state index in [1.165, 1.54) is 0 Å². The van der Waals surface area contributed by atoms with Crippen molar-refractivity contribution in [2.24, 2.45) is 0 Å². The molecule has 0 saturated carbocycles. The number of carbonyl (C=O) groups excluding carboxylic acids is 5. The van der Waals surface area contributed by atoms with Crippen molar-refractivity contribution in [2.75, 3.05) is 6.54 Å². The van der Waals surface area contributed by atoms with Gasteiger partial charge in [-0.25, -0.2) is 19.2 Å². The molecule has 0 aromatic heterocycles. The molecule has 0 spiro atoms. The minimum absolute atomic E-state index is 0.00732. The Hall–Kier alpha value is -3.05. The van der Waals surface area contributed by atoms with Crippen LogP contribution in [0.3, 0.4) is 0 Å². The molecule has 0 bridgehead atoms. The number of unbranched alkanes of at least 4 members (excludes halogenated alkanes) is 1. The van der Waals surface area contributed by atoms with E-state index in [0.29, 0.717) is 19.4 Å². The Morgan fingerprint density at radius 2 is 1.05 bits per heavy atom. The van der Waals surface area contributed by atoms with E-state index >= 15 is 0 Å². The summed E-state index contributed by atoms with van der Waals surface area (Å²) in [5.74, 6) is -1.87. The summed E-state index contributed by atoms with van der Waals surface area (Å²) < 4.78 is 16.2. The summed E-state index contributed by atoms with van der Waals surface area (Å²) in [5.41, 5.74) is -2.30. The Kier molecular flexibility index (Phi) is 15.0. The number of urea groups is 2. The van der Waals surface area contributed by atoms with Crippen molar-refractivity contribution >= 4 is 30.0 Å². The molecule has 0 aliphatic rings. The van der Waals surface area contributed by atoms with E-state index in [-0.39, 0.29) is 31.3 Å². The van der Waals surface area contributed by atoms with Crippen molar-refractivity contribution in [3.05, 3.63) is 0 Å². The van der Waals surface area contributed by atoms with Crippen LogP contribution in [-0.2, 0) is 28.6 Å². The highest BCUT2D eigenvalue weighted by Crippen LogP contribution is 2.15. The van der Waals surface area contributed by atoms with Crippen LogP contribution in [0.4, 0.5) is 9.59 Å². The number of hydrogen-bond donors (Lipinski definition) is 4. The van der Waals surface area contributed by atoms with Crippen LogP contribution < -0.4 is 21.3 Å². The fraction of sp³-hybridized carbons (Fsp3) is 0.821. The SMILES string of the molecule is CC(C)NC(=O)NCCCC[C@H](NC(=O)N[C@@H](CCC(=O)OC(C)(C)C)C(=O)OC(C)(C)C)C(=O)OC(C)(C)C. The molecular weight excluding hydrogens is 520 g/mol. The molecule has 40 heavy (non-hydrogen) atoms. The van der Waals surface area contributed by atoms with Gasteiger partial charge in [0.05, 0.1) is 0 Å². The van der Waals surface area contributed by atoms with Gasteiger partial charge in [0.2, 0.25) is 0 Å². The first-order chi connectivity index (χ1) is 18.1. The fourth-order valence-corrected chi connectivity index (χ4v) is 3.25. The number of carbonyl (C=O) groups is 5. The zero-order valence-corrected chi connectivity index (χ0v) is 26.2. The molecule has 0 aromatic carbocycles. The molecule has 0 unspecified atom stereocenters. The molecule has 0 aliphatic heterocycles. The van der Waals surface area contributed by atoms with Crippen molar-refractivity contribution in [1.82, 2.24) is 21.3 Å². The molecule has 0 rings (SSSR count). The van der Waals surface area contributed by atoms with Crippen LogP contribution in [0.1, 0.15) is 108 Å². The van der Waals surface area contributed by atoms with E-state index in [4.69, 9.17) is 14.2 Å². The summed E-state index contributed by atoms with van der Waals surface area (Å²) in [6.07, 6.45) is 1.11. The standard InChI is InChI=1S/C28H52N4O8/c1-18(2)30-24(36)29-17-13-12-14-19(22(34)39-27(6,7)8)31-25(37)32-20(23(35)40-28(9,10)11)15-16-21(33)38-26(3,4)5/h18-20H,12-17H2,1-11H3,(H2,29,30,36)(H2,31,32,37)/t19-,20-/m0/s1. The molecule has 2 atom stereocenters. The van der Waals surface area contributed by atoms with Gasteiger partial charge in [0.15, 0.2) is 0 Å². The van der Waals surface area contributed by atoms with Gasteiger partial charge in [0.25, 0.3) is 0 Å². The second-order valence-electron chi connectivity index (χ2n) is 13.0. The maximum atomic E-state index is 12.9. The highest BCUT2D eigenvalue weighted by Gasteiger charge is 2.31. The molecule has 0 heterocycles. The van der Waals surface area contributed by atoms with Crippen molar-refractivity contribution in [3.63, 3.8) is 0 Å². The monoisotopic (exact) mass is 572 g/mol. The Morgan fingerprint density at radius 1 is 0.600 bits per heavy atom. The van der Waals surface area contributed by atoms with Crippen molar-refractivity contribution in [1.29, 1.82) is 0 Å². The van der Waals surface area contributed by atoms with Gasteiger partial charge < -0.3 is 35.5 Å². The van der Waals surface area contributed by atoms with Crippen LogP contribution in [0.2, 0.25) is 0 Å². The zero-order chi connectivity index (χ0) is 31.3. The molecule has 232 valence electrons. The Labute approximate surface area is 239 Å². The summed E-state index contributed by atoms with van der Waals surface area (Å²) >= 11 is 0. The summed E-state index contributed by atoms with van der Waals surface area (Å²) in [5, 5.41) is 10.6. The van der Waals surface area contributed by atoms with Crippen LogP contribution >= 0.6 is 0 Å². The van der Waals surface area contributed by atoms with Crippen molar-refractivity contribution < 1.29 is 38.2 Å². The molecule has 0 aromatic rings. The van der Waals surface area contributed by atoms with Gasteiger partial charge in [-0.2, -0.15) is 0 Å². The lowest BCUT2D eigenvalue weighted by molar-refractivity contribution is -0.159. The van der Waals surface area contributed by atoms with E-state index in [2.05, 4.69) is 21.3 Å². The molecule has 0 fully saturated rings. The predicted molar refractivity (Wildman–Crippen MR) is 152 cm³/mol. The summed E-state index contributed by atoms with van der Waals surface area (Å²) in [7, 11) is 0. The number of rotatable bonds is 13. The summed E-state index contributed by atoms with van der Waals surface area (Å²) in [6, 6.07) is -3.22. The normalized spacial score (nSPS) is 13.5. The second kappa shape index (κ2) is 16.3. The number of amides is 4. The number of hydrogen-bond acceptors (Lipinski definition) is 8. The quantitative estimate of drug-likeness (QED) is 0.148. The first-order valence-electron chi connectivity index (χ1n) is 13.9. The second-order valence-corrected chi connectivity index (χ2v) is 13.0. The zero-order valence-electron chi connectivity index (χ0n) is 26.2. The molecule has 0 radical (unpaired) electrons. The van der Waals surface area contributed by atoms with Gasteiger partial charge in [0.1, 0.15) is 28.9 Å². The minimum Gasteiger partial charge on any atom is -0.460 e. The lowest BCUT2D eigenvalue weighted by Crippen LogP contribution is -2.53. The van der Waals surface area contributed by atoms with Gasteiger partial charge in [-0.05, 0) is 102 Å².